The lowest BCUT2D eigenvalue weighted by atomic mass is 9.91. The molecular formula is C27H23Cl2FN2O4. The summed E-state index contributed by atoms with van der Waals surface area (Å²) in [5.41, 5.74) is 2.93. The number of piperidine rings is 1. The molecule has 2 heterocycles. The standard InChI is InChI=1S/C26H23Cl2FN2O2.CO2/c27-22-14-18(15-23(28)24(22)19-6-8-20(29)9-7-19)16-30-12-10-26(11-13-30)17-31(25(32)33-26)21-4-2-1-3-5-21;2-1-3/h1-9,14-15H,10-13,16-17H2;. The van der Waals surface area contributed by atoms with E-state index in [0.29, 0.717) is 28.7 Å². The third-order valence-electron chi connectivity index (χ3n) is 6.45. The molecule has 9 heteroatoms. The highest BCUT2D eigenvalue weighted by Gasteiger charge is 2.47. The van der Waals surface area contributed by atoms with Gasteiger partial charge in [0, 0.05) is 43.7 Å². The van der Waals surface area contributed by atoms with Crippen molar-refractivity contribution in [2.75, 3.05) is 24.5 Å². The minimum absolute atomic E-state index is 0.250. The fourth-order valence-corrected chi connectivity index (χ4v) is 5.43. The topological polar surface area (TPSA) is 66.9 Å². The Balaban J connectivity index is 0.000000967. The molecule has 36 heavy (non-hydrogen) atoms. The van der Waals surface area contributed by atoms with Gasteiger partial charge < -0.3 is 4.74 Å². The van der Waals surface area contributed by atoms with E-state index in [0.717, 1.165) is 42.7 Å². The lowest BCUT2D eigenvalue weighted by molar-refractivity contribution is -0.191. The van der Waals surface area contributed by atoms with Crippen LogP contribution in [0.15, 0.2) is 66.7 Å². The first-order valence-corrected chi connectivity index (χ1v) is 12.1. The van der Waals surface area contributed by atoms with Gasteiger partial charge in [0.05, 0.1) is 16.6 Å². The molecule has 0 atom stereocenters. The van der Waals surface area contributed by atoms with E-state index in [-0.39, 0.29) is 18.1 Å². The van der Waals surface area contributed by atoms with Crippen molar-refractivity contribution in [3.8, 4) is 11.1 Å². The van der Waals surface area contributed by atoms with Gasteiger partial charge in [0.1, 0.15) is 11.4 Å². The summed E-state index contributed by atoms with van der Waals surface area (Å²) < 4.78 is 19.1. The Morgan fingerprint density at radius 2 is 1.53 bits per heavy atom. The van der Waals surface area contributed by atoms with Gasteiger partial charge >= 0.3 is 12.2 Å². The van der Waals surface area contributed by atoms with Gasteiger partial charge in [-0.1, -0.05) is 53.5 Å². The average Bonchev–Trinajstić information content (AvgIpc) is 3.18. The summed E-state index contributed by atoms with van der Waals surface area (Å²) in [6, 6.07) is 19.6. The van der Waals surface area contributed by atoms with Crippen LogP contribution in [0.5, 0.6) is 0 Å². The van der Waals surface area contributed by atoms with Crippen LogP contribution in [0.25, 0.3) is 11.1 Å². The number of rotatable bonds is 4. The maximum absolute atomic E-state index is 13.3. The minimum atomic E-state index is -0.439. The number of hydrogen-bond donors (Lipinski definition) is 0. The van der Waals surface area contributed by atoms with Crippen LogP contribution in [0.4, 0.5) is 14.9 Å². The van der Waals surface area contributed by atoms with Gasteiger partial charge in [-0.25, -0.2) is 9.18 Å². The second-order valence-corrected chi connectivity index (χ2v) is 9.59. The number of carbonyl (C=O) groups excluding carboxylic acids is 3. The molecule has 3 aromatic carbocycles. The average molecular weight is 529 g/mol. The summed E-state index contributed by atoms with van der Waals surface area (Å²) in [7, 11) is 0. The van der Waals surface area contributed by atoms with Gasteiger partial charge in [0.2, 0.25) is 0 Å². The molecule has 0 saturated carbocycles. The summed E-state index contributed by atoms with van der Waals surface area (Å²) in [6.07, 6.45) is 1.53. The number of benzene rings is 3. The highest BCUT2D eigenvalue weighted by molar-refractivity contribution is 6.39. The first kappa shape index (κ1) is 25.9. The zero-order valence-electron chi connectivity index (χ0n) is 19.3. The summed E-state index contributed by atoms with van der Waals surface area (Å²) in [4.78, 5) is 32.8. The molecule has 0 unspecified atom stereocenters. The fraction of sp³-hybridized carbons (Fsp3) is 0.259. The molecular weight excluding hydrogens is 506 g/mol. The van der Waals surface area contributed by atoms with Crippen molar-refractivity contribution in [1.82, 2.24) is 4.90 Å². The lowest BCUT2D eigenvalue weighted by Crippen LogP contribution is -2.46. The predicted molar refractivity (Wildman–Crippen MR) is 134 cm³/mol. The predicted octanol–water partition coefficient (Wildman–Crippen LogP) is 6.21. The second kappa shape index (κ2) is 11.2. The highest BCUT2D eigenvalue weighted by atomic mass is 35.5. The number of ether oxygens (including phenoxy) is 1. The van der Waals surface area contributed by atoms with Crippen molar-refractivity contribution in [2.24, 2.45) is 0 Å². The molecule has 2 fully saturated rings. The maximum Gasteiger partial charge on any atom is 0.415 e. The zero-order chi connectivity index (χ0) is 25.7. The molecule has 0 radical (unpaired) electrons. The quantitative estimate of drug-likeness (QED) is 0.402. The number of likely N-dealkylation sites (tertiary alicyclic amines) is 1. The highest BCUT2D eigenvalue weighted by Crippen LogP contribution is 2.38. The van der Waals surface area contributed by atoms with Gasteiger partial charge in [-0.2, -0.15) is 9.59 Å². The molecule has 186 valence electrons. The van der Waals surface area contributed by atoms with Gasteiger partial charge in [-0.3, -0.25) is 9.80 Å². The molecule has 0 aliphatic carbocycles. The van der Waals surface area contributed by atoms with Crippen LogP contribution in [-0.4, -0.2) is 42.4 Å². The monoisotopic (exact) mass is 528 g/mol. The lowest BCUT2D eigenvalue weighted by Gasteiger charge is -2.37. The number of halogens is 3. The molecule has 2 aliphatic rings. The zero-order valence-corrected chi connectivity index (χ0v) is 20.8. The Morgan fingerprint density at radius 1 is 0.944 bits per heavy atom. The second-order valence-electron chi connectivity index (χ2n) is 8.77. The number of para-hydroxylation sites is 1. The number of anilines is 1. The molecule has 0 N–H and O–H groups in total. The fourth-order valence-electron chi connectivity index (χ4n) is 4.68. The third-order valence-corrected chi connectivity index (χ3v) is 7.04. The number of amides is 1. The van der Waals surface area contributed by atoms with Gasteiger partial charge in [-0.05, 0) is 47.5 Å². The Bertz CT molecular complexity index is 1230. The Kier molecular flexibility index (Phi) is 8.07. The first-order valence-electron chi connectivity index (χ1n) is 11.4. The van der Waals surface area contributed by atoms with Crippen molar-refractivity contribution < 1.29 is 23.5 Å². The number of hydrogen-bond acceptors (Lipinski definition) is 5. The van der Waals surface area contributed by atoms with Crippen molar-refractivity contribution in [3.05, 3.63) is 88.2 Å². The van der Waals surface area contributed by atoms with Crippen molar-refractivity contribution in [3.63, 3.8) is 0 Å². The number of carbonyl (C=O) groups is 1. The SMILES string of the molecule is O=C1OC2(CCN(Cc3cc(Cl)c(-c4ccc(F)cc4)c(Cl)c3)CC2)CN1c1ccccc1.O=C=O. The molecule has 6 nitrogen and oxygen atoms in total. The van der Waals surface area contributed by atoms with Crippen LogP contribution >= 0.6 is 23.2 Å². The first-order chi connectivity index (χ1) is 17.3. The molecule has 3 aromatic rings. The molecule has 0 aromatic heterocycles. The van der Waals surface area contributed by atoms with E-state index in [9.17, 15) is 9.18 Å². The van der Waals surface area contributed by atoms with Crippen LogP contribution in [0, 0.1) is 5.82 Å². The number of nitrogens with zero attached hydrogens (tertiary/aromatic N) is 2. The van der Waals surface area contributed by atoms with E-state index in [4.69, 9.17) is 37.5 Å². The Hall–Kier alpha value is -3.22. The van der Waals surface area contributed by atoms with E-state index in [1.165, 1.54) is 12.1 Å². The van der Waals surface area contributed by atoms with Gasteiger partial charge in [-0.15, -0.1) is 0 Å². The smallest absolute Gasteiger partial charge is 0.415 e. The summed E-state index contributed by atoms with van der Waals surface area (Å²) in [5, 5.41) is 1.08. The Morgan fingerprint density at radius 3 is 2.11 bits per heavy atom. The summed E-state index contributed by atoms with van der Waals surface area (Å²) in [6.45, 7) is 2.90. The molecule has 5 rings (SSSR count). The third kappa shape index (κ3) is 5.77. The van der Waals surface area contributed by atoms with Crippen molar-refractivity contribution in [1.29, 1.82) is 0 Å². The molecule has 1 spiro atoms. The van der Waals surface area contributed by atoms with E-state index in [2.05, 4.69) is 4.90 Å². The largest absolute Gasteiger partial charge is 0.441 e. The molecule has 2 aliphatic heterocycles. The maximum atomic E-state index is 13.3. The van der Waals surface area contributed by atoms with Crippen molar-refractivity contribution in [2.45, 2.75) is 25.0 Å². The van der Waals surface area contributed by atoms with E-state index in [1.807, 2.05) is 42.5 Å². The summed E-state index contributed by atoms with van der Waals surface area (Å²) >= 11 is 13.1. The van der Waals surface area contributed by atoms with Crippen LogP contribution in [0.3, 0.4) is 0 Å². The molecule has 1 amide bonds. The molecule has 2 saturated heterocycles. The normalized spacial score (nSPS) is 16.8. The van der Waals surface area contributed by atoms with Crippen LogP contribution in [0.2, 0.25) is 10.0 Å². The van der Waals surface area contributed by atoms with Crippen molar-refractivity contribution >= 4 is 41.1 Å². The van der Waals surface area contributed by atoms with Crippen LogP contribution in [-0.2, 0) is 20.9 Å². The van der Waals surface area contributed by atoms with Crippen LogP contribution < -0.4 is 4.90 Å². The molecule has 0 bridgehead atoms. The van der Waals surface area contributed by atoms with Crippen LogP contribution in [0.1, 0.15) is 18.4 Å². The van der Waals surface area contributed by atoms with E-state index in [1.54, 1.807) is 17.0 Å². The summed E-state index contributed by atoms with van der Waals surface area (Å²) in [5.74, 6) is -0.301. The van der Waals surface area contributed by atoms with E-state index < -0.39 is 5.60 Å². The van der Waals surface area contributed by atoms with Gasteiger partial charge in [0.25, 0.3) is 0 Å². The van der Waals surface area contributed by atoms with E-state index >= 15 is 0 Å². The van der Waals surface area contributed by atoms with Gasteiger partial charge in [0.15, 0.2) is 0 Å². The minimum Gasteiger partial charge on any atom is -0.441 e. The Labute approximate surface area is 218 Å².